The van der Waals surface area contributed by atoms with E-state index in [0.29, 0.717) is 18.7 Å². The molecule has 1 aromatic rings. The van der Waals surface area contributed by atoms with Crippen LogP contribution in [0.3, 0.4) is 0 Å². The standard InChI is InChI=1S/C10H11F4N/c11-6-1-7-15-9-4-2-8(3-5-9)10(12,13)14/h2-5,15H,1,6-7H2. The van der Waals surface area contributed by atoms with Crippen molar-refractivity contribution in [1.82, 2.24) is 0 Å². The Morgan fingerprint density at radius 2 is 1.67 bits per heavy atom. The fourth-order valence-electron chi connectivity index (χ4n) is 1.08. The van der Waals surface area contributed by atoms with Gasteiger partial charge in [-0.3, -0.25) is 4.39 Å². The average molecular weight is 221 g/mol. The highest BCUT2D eigenvalue weighted by Gasteiger charge is 2.29. The average Bonchev–Trinajstić information content (AvgIpc) is 2.18. The molecule has 0 fully saturated rings. The van der Waals surface area contributed by atoms with Crippen LogP contribution < -0.4 is 5.32 Å². The van der Waals surface area contributed by atoms with E-state index in [0.717, 1.165) is 12.1 Å². The summed E-state index contributed by atoms with van der Waals surface area (Å²) < 4.78 is 48.2. The molecule has 0 heterocycles. The molecule has 1 aromatic carbocycles. The van der Waals surface area contributed by atoms with Crippen molar-refractivity contribution >= 4 is 5.69 Å². The second-order valence-electron chi connectivity index (χ2n) is 3.04. The summed E-state index contributed by atoms with van der Waals surface area (Å²) in [6.45, 7) is -0.0184. The van der Waals surface area contributed by atoms with Crippen molar-refractivity contribution in [2.24, 2.45) is 0 Å². The molecule has 0 atom stereocenters. The zero-order valence-electron chi connectivity index (χ0n) is 7.94. The Labute approximate surface area is 85.1 Å². The molecule has 1 nitrogen and oxygen atoms in total. The van der Waals surface area contributed by atoms with Crippen molar-refractivity contribution < 1.29 is 17.6 Å². The highest BCUT2D eigenvalue weighted by Crippen LogP contribution is 2.29. The van der Waals surface area contributed by atoms with Gasteiger partial charge >= 0.3 is 6.18 Å². The van der Waals surface area contributed by atoms with Crippen LogP contribution in [0.25, 0.3) is 0 Å². The van der Waals surface area contributed by atoms with Crippen LogP contribution in [0, 0.1) is 0 Å². The van der Waals surface area contributed by atoms with Gasteiger partial charge in [0.25, 0.3) is 0 Å². The SMILES string of the molecule is FCCCNc1ccc(C(F)(F)F)cc1. The molecule has 0 radical (unpaired) electrons. The molecule has 0 saturated heterocycles. The third-order valence-electron chi connectivity index (χ3n) is 1.85. The summed E-state index contributed by atoms with van der Waals surface area (Å²) in [5, 5.41) is 2.82. The van der Waals surface area contributed by atoms with Crippen molar-refractivity contribution in [1.29, 1.82) is 0 Å². The Balaban J connectivity index is 2.57. The van der Waals surface area contributed by atoms with E-state index < -0.39 is 18.4 Å². The van der Waals surface area contributed by atoms with Crippen LogP contribution in [-0.4, -0.2) is 13.2 Å². The summed E-state index contributed by atoms with van der Waals surface area (Å²) in [4.78, 5) is 0. The van der Waals surface area contributed by atoms with Gasteiger partial charge in [0.2, 0.25) is 0 Å². The van der Waals surface area contributed by atoms with E-state index in [1.165, 1.54) is 12.1 Å². The molecule has 0 aliphatic carbocycles. The largest absolute Gasteiger partial charge is 0.416 e. The van der Waals surface area contributed by atoms with Crippen molar-refractivity contribution in [3.63, 3.8) is 0 Å². The maximum atomic E-state index is 12.2. The first-order chi connectivity index (χ1) is 7.04. The fraction of sp³-hybridized carbons (Fsp3) is 0.400. The Bertz CT molecular complexity index is 291. The van der Waals surface area contributed by atoms with Crippen LogP contribution in [-0.2, 0) is 6.18 Å². The van der Waals surface area contributed by atoms with Gasteiger partial charge in [-0.05, 0) is 30.7 Å². The Morgan fingerprint density at radius 3 is 2.13 bits per heavy atom. The molecule has 1 rings (SSSR count). The molecule has 0 unspecified atom stereocenters. The molecule has 0 saturated carbocycles. The van der Waals surface area contributed by atoms with E-state index in [-0.39, 0.29) is 0 Å². The fourth-order valence-corrected chi connectivity index (χ4v) is 1.08. The van der Waals surface area contributed by atoms with Gasteiger partial charge in [0.15, 0.2) is 0 Å². The number of hydrogen-bond acceptors (Lipinski definition) is 1. The van der Waals surface area contributed by atoms with Gasteiger partial charge in [0.1, 0.15) is 0 Å². The number of alkyl halides is 4. The molecule has 0 aromatic heterocycles. The van der Waals surface area contributed by atoms with Crippen LogP contribution >= 0.6 is 0 Å². The lowest BCUT2D eigenvalue weighted by molar-refractivity contribution is -0.137. The van der Waals surface area contributed by atoms with Gasteiger partial charge in [-0.25, -0.2) is 0 Å². The Hall–Kier alpha value is -1.26. The summed E-state index contributed by atoms with van der Waals surface area (Å²) in [5.74, 6) is 0. The predicted octanol–water partition coefficient (Wildman–Crippen LogP) is 3.48. The molecule has 1 N–H and O–H groups in total. The van der Waals surface area contributed by atoms with Crippen LogP contribution in [0.2, 0.25) is 0 Å². The molecular formula is C10H11F4N. The van der Waals surface area contributed by atoms with E-state index in [1.54, 1.807) is 0 Å². The van der Waals surface area contributed by atoms with Crippen LogP contribution in [0.5, 0.6) is 0 Å². The van der Waals surface area contributed by atoms with Gasteiger partial charge in [-0.15, -0.1) is 0 Å². The first-order valence-electron chi connectivity index (χ1n) is 4.51. The molecule has 5 heteroatoms. The lowest BCUT2D eigenvalue weighted by Crippen LogP contribution is -2.06. The lowest BCUT2D eigenvalue weighted by atomic mass is 10.2. The van der Waals surface area contributed by atoms with Gasteiger partial charge in [0, 0.05) is 12.2 Å². The third-order valence-corrected chi connectivity index (χ3v) is 1.85. The molecule has 0 bridgehead atoms. The van der Waals surface area contributed by atoms with E-state index in [4.69, 9.17) is 0 Å². The molecular weight excluding hydrogens is 210 g/mol. The zero-order valence-corrected chi connectivity index (χ0v) is 7.94. The number of halogens is 4. The molecule has 0 amide bonds. The summed E-state index contributed by atoms with van der Waals surface area (Å²) in [7, 11) is 0. The zero-order chi connectivity index (χ0) is 11.3. The van der Waals surface area contributed by atoms with Crippen molar-refractivity contribution in [2.75, 3.05) is 18.5 Å². The number of rotatable bonds is 4. The Morgan fingerprint density at radius 1 is 1.07 bits per heavy atom. The van der Waals surface area contributed by atoms with E-state index in [2.05, 4.69) is 5.32 Å². The first kappa shape index (κ1) is 11.8. The molecule has 0 spiro atoms. The molecule has 0 aliphatic rings. The quantitative estimate of drug-likeness (QED) is 0.606. The second-order valence-corrected chi connectivity index (χ2v) is 3.04. The monoisotopic (exact) mass is 221 g/mol. The number of hydrogen-bond donors (Lipinski definition) is 1. The topological polar surface area (TPSA) is 12.0 Å². The van der Waals surface area contributed by atoms with E-state index in [9.17, 15) is 17.6 Å². The van der Waals surface area contributed by atoms with Crippen molar-refractivity contribution in [2.45, 2.75) is 12.6 Å². The number of benzene rings is 1. The lowest BCUT2D eigenvalue weighted by Gasteiger charge is -2.08. The predicted molar refractivity (Wildman–Crippen MR) is 50.5 cm³/mol. The number of anilines is 1. The van der Waals surface area contributed by atoms with Crippen molar-refractivity contribution in [3.05, 3.63) is 29.8 Å². The minimum atomic E-state index is -4.31. The summed E-state index contributed by atoms with van der Waals surface area (Å²) in [6.07, 6.45) is -3.96. The van der Waals surface area contributed by atoms with Gasteiger partial charge in [-0.2, -0.15) is 13.2 Å². The van der Waals surface area contributed by atoms with Crippen molar-refractivity contribution in [3.8, 4) is 0 Å². The first-order valence-corrected chi connectivity index (χ1v) is 4.51. The van der Waals surface area contributed by atoms with E-state index in [1.807, 2.05) is 0 Å². The highest BCUT2D eigenvalue weighted by molar-refractivity contribution is 5.44. The maximum absolute atomic E-state index is 12.2. The van der Waals surface area contributed by atoms with Crippen LogP contribution in [0.15, 0.2) is 24.3 Å². The van der Waals surface area contributed by atoms with Gasteiger partial charge in [-0.1, -0.05) is 0 Å². The van der Waals surface area contributed by atoms with Gasteiger partial charge < -0.3 is 5.32 Å². The number of nitrogens with one attached hydrogen (secondary N) is 1. The molecule has 0 aliphatic heterocycles. The molecule has 15 heavy (non-hydrogen) atoms. The van der Waals surface area contributed by atoms with Crippen LogP contribution in [0.1, 0.15) is 12.0 Å². The minimum Gasteiger partial charge on any atom is -0.385 e. The smallest absolute Gasteiger partial charge is 0.385 e. The second kappa shape index (κ2) is 5.00. The summed E-state index contributed by atoms with van der Waals surface area (Å²) in [5.41, 5.74) is -0.116. The normalized spacial score (nSPS) is 11.5. The summed E-state index contributed by atoms with van der Waals surface area (Å²) in [6, 6.07) is 4.66. The maximum Gasteiger partial charge on any atom is 0.416 e. The van der Waals surface area contributed by atoms with Crippen LogP contribution in [0.4, 0.5) is 23.2 Å². The van der Waals surface area contributed by atoms with E-state index >= 15 is 0 Å². The Kier molecular flexibility index (Phi) is 3.94. The highest BCUT2D eigenvalue weighted by atomic mass is 19.4. The summed E-state index contributed by atoms with van der Waals surface area (Å²) >= 11 is 0. The molecule has 84 valence electrons. The third kappa shape index (κ3) is 3.77. The van der Waals surface area contributed by atoms with Gasteiger partial charge in [0.05, 0.1) is 12.2 Å². The minimum absolute atomic E-state index is 0.348.